The van der Waals surface area contributed by atoms with Gasteiger partial charge in [-0.3, -0.25) is 0 Å². The molecule has 2 fully saturated rings. The fraction of sp³-hybridized carbons (Fsp3) is 0.500. The van der Waals surface area contributed by atoms with Crippen LogP contribution in [0.4, 0.5) is 0 Å². The van der Waals surface area contributed by atoms with Crippen molar-refractivity contribution >= 4 is 0 Å². The third-order valence-electron chi connectivity index (χ3n) is 6.06. The number of aryl methyl sites for hydroxylation is 1. The van der Waals surface area contributed by atoms with Crippen molar-refractivity contribution < 1.29 is 29.5 Å². The minimum Gasteiger partial charge on any atom is -0.488 e. The number of ether oxygens (including phenoxy) is 3. The lowest BCUT2D eigenvalue weighted by Crippen LogP contribution is -2.53. The summed E-state index contributed by atoms with van der Waals surface area (Å²) in [5, 5.41) is 30.5. The highest BCUT2D eigenvalue weighted by Gasteiger charge is 2.42. The Hall–Kier alpha value is -1.96. The van der Waals surface area contributed by atoms with Crippen molar-refractivity contribution in [2.75, 3.05) is 13.2 Å². The molecule has 2 aromatic rings. The summed E-state index contributed by atoms with van der Waals surface area (Å²) in [5.41, 5.74) is 4.21. The fourth-order valence-corrected chi connectivity index (χ4v) is 4.09. The monoisotopic (exact) mass is 414 g/mol. The highest BCUT2D eigenvalue weighted by molar-refractivity contribution is 5.38. The highest BCUT2D eigenvalue weighted by Crippen LogP contribution is 2.33. The van der Waals surface area contributed by atoms with E-state index in [0.29, 0.717) is 6.61 Å². The molecule has 4 rings (SSSR count). The van der Waals surface area contributed by atoms with Gasteiger partial charge in [0.05, 0.1) is 19.3 Å². The zero-order chi connectivity index (χ0) is 21.3. The quantitative estimate of drug-likeness (QED) is 0.696. The molecule has 0 radical (unpaired) electrons. The molecule has 0 spiro atoms. The van der Waals surface area contributed by atoms with E-state index >= 15 is 0 Å². The summed E-state index contributed by atoms with van der Waals surface area (Å²) in [7, 11) is 0. The summed E-state index contributed by atoms with van der Waals surface area (Å²) in [5.74, 6) is 0.847. The smallest absolute Gasteiger partial charge is 0.124 e. The van der Waals surface area contributed by atoms with Gasteiger partial charge in [0.2, 0.25) is 0 Å². The van der Waals surface area contributed by atoms with Crippen LogP contribution in [0.2, 0.25) is 0 Å². The lowest BCUT2D eigenvalue weighted by molar-refractivity contribution is -0.219. The third kappa shape index (κ3) is 4.53. The maximum atomic E-state index is 10.4. The van der Waals surface area contributed by atoms with Crippen LogP contribution in [0.3, 0.4) is 0 Å². The van der Waals surface area contributed by atoms with E-state index in [1.807, 2.05) is 30.3 Å². The van der Waals surface area contributed by atoms with Crippen LogP contribution >= 0.6 is 0 Å². The molecule has 0 aromatic heterocycles. The lowest BCUT2D eigenvalue weighted by Gasteiger charge is -2.39. The second-order valence-corrected chi connectivity index (χ2v) is 8.34. The average molecular weight is 414 g/mol. The molecule has 6 nitrogen and oxygen atoms in total. The molecule has 2 aliphatic heterocycles. The van der Waals surface area contributed by atoms with E-state index in [0.717, 1.165) is 47.5 Å². The van der Waals surface area contributed by atoms with Gasteiger partial charge in [-0.15, -0.1) is 0 Å². The molecule has 2 saturated heterocycles. The van der Waals surface area contributed by atoms with Gasteiger partial charge in [-0.05, 0) is 54.7 Å². The molecule has 0 bridgehead atoms. The average Bonchev–Trinajstić information content (AvgIpc) is 3.25. The molecule has 0 amide bonds. The predicted molar refractivity (Wildman–Crippen MR) is 112 cm³/mol. The van der Waals surface area contributed by atoms with Gasteiger partial charge in [0.25, 0.3) is 0 Å². The Morgan fingerprint density at radius 1 is 1.00 bits per heavy atom. The molecular weight excluding hydrogens is 384 g/mol. The van der Waals surface area contributed by atoms with E-state index in [-0.39, 0.29) is 6.10 Å². The van der Waals surface area contributed by atoms with Crippen molar-refractivity contribution in [2.24, 2.45) is 0 Å². The Labute approximate surface area is 177 Å². The van der Waals surface area contributed by atoms with Crippen LogP contribution in [0, 0.1) is 6.92 Å². The maximum Gasteiger partial charge on any atom is 0.124 e. The van der Waals surface area contributed by atoms with E-state index in [1.54, 1.807) is 6.92 Å². The topological polar surface area (TPSA) is 88.4 Å². The van der Waals surface area contributed by atoms with Gasteiger partial charge in [0.15, 0.2) is 0 Å². The van der Waals surface area contributed by atoms with Crippen molar-refractivity contribution in [3.63, 3.8) is 0 Å². The summed E-state index contributed by atoms with van der Waals surface area (Å²) in [6, 6.07) is 14.0. The molecule has 0 aliphatic carbocycles. The molecule has 3 N–H and O–H groups in total. The molecule has 2 aromatic carbocycles. The summed E-state index contributed by atoms with van der Waals surface area (Å²) in [6.45, 7) is 5.15. The maximum absolute atomic E-state index is 10.4. The van der Waals surface area contributed by atoms with Gasteiger partial charge in [0, 0.05) is 6.42 Å². The van der Waals surface area contributed by atoms with Gasteiger partial charge >= 0.3 is 0 Å². The summed E-state index contributed by atoms with van der Waals surface area (Å²) < 4.78 is 17.1. The molecule has 0 saturated carbocycles. The van der Waals surface area contributed by atoms with E-state index in [4.69, 9.17) is 14.2 Å². The number of hydrogen-bond acceptors (Lipinski definition) is 6. The predicted octanol–water partition coefficient (Wildman–Crippen LogP) is 2.30. The minimum atomic E-state index is -1.23. The van der Waals surface area contributed by atoms with Gasteiger partial charge in [-0.2, -0.15) is 0 Å². The molecule has 30 heavy (non-hydrogen) atoms. The number of aliphatic hydroxyl groups excluding tert-OH is 3. The Morgan fingerprint density at radius 3 is 2.47 bits per heavy atom. The first-order chi connectivity index (χ1) is 14.4. The summed E-state index contributed by atoms with van der Waals surface area (Å²) >= 11 is 0. The molecular formula is C24H30O6. The zero-order valence-electron chi connectivity index (χ0n) is 17.4. The van der Waals surface area contributed by atoms with Gasteiger partial charge in [0.1, 0.15) is 36.3 Å². The molecule has 2 heterocycles. The van der Waals surface area contributed by atoms with E-state index in [2.05, 4.69) is 19.1 Å². The Bertz CT molecular complexity index is 845. The van der Waals surface area contributed by atoms with E-state index < -0.39 is 30.5 Å². The zero-order valence-corrected chi connectivity index (χ0v) is 17.4. The van der Waals surface area contributed by atoms with Crippen LogP contribution in [0.25, 0.3) is 0 Å². The number of aliphatic hydroxyl groups is 3. The van der Waals surface area contributed by atoms with Gasteiger partial charge < -0.3 is 29.5 Å². The van der Waals surface area contributed by atoms with Crippen molar-refractivity contribution in [3.05, 3.63) is 64.7 Å². The fourth-order valence-electron chi connectivity index (χ4n) is 4.09. The molecule has 162 valence electrons. The van der Waals surface area contributed by atoms with Crippen molar-refractivity contribution in [2.45, 2.75) is 63.3 Å². The Kier molecular flexibility index (Phi) is 6.41. The standard InChI is InChI=1S/C24H30O6/c1-14-3-6-17(24-23(27)22(26)21(25)15(2)29-24)12-18(14)11-16-4-7-19(8-5-16)30-20-9-10-28-13-20/h3-8,12,15,20-27H,9-11,13H2,1-2H3/t15-,20?,21-,22+,23-,24+/m1/s1. The van der Waals surface area contributed by atoms with Crippen LogP contribution in [0.1, 0.15) is 41.7 Å². The molecule has 6 heteroatoms. The second-order valence-electron chi connectivity index (χ2n) is 8.34. The van der Waals surface area contributed by atoms with E-state index in [9.17, 15) is 15.3 Å². The summed E-state index contributed by atoms with van der Waals surface area (Å²) in [6.07, 6.45) is -2.96. The first-order valence-electron chi connectivity index (χ1n) is 10.5. The second kappa shape index (κ2) is 9.04. The van der Waals surface area contributed by atoms with E-state index in [1.165, 1.54) is 0 Å². The molecule has 1 unspecified atom stereocenters. The minimum absolute atomic E-state index is 0.132. The first-order valence-corrected chi connectivity index (χ1v) is 10.5. The Balaban J connectivity index is 1.48. The van der Waals surface area contributed by atoms with Crippen molar-refractivity contribution in [1.82, 2.24) is 0 Å². The third-order valence-corrected chi connectivity index (χ3v) is 6.06. The van der Waals surface area contributed by atoms with Gasteiger partial charge in [-0.1, -0.05) is 30.3 Å². The first kappa shape index (κ1) is 21.3. The van der Waals surface area contributed by atoms with Crippen LogP contribution < -0.4 is 4.74 Å². The number of hydrogen-bond donors (Lipinski definition) is 3. The van der Waals surface area contributed by atoms with Crippen LogP contribution in [0.5, 0.6) is 5.75 Å². The van der Waals surface area contributed by atoms with Crippen LogP contribution in [-0.4, -0.2) is 59.1 Å². The largest absolute Gasteiger partial charge is 0.488 e. The van der Waals surface area contributed by atoms with Crippen molar-refractivity contribution in [3.8, 4) is 5.75 Å². The lowest BCUT2D eigenvalue weighted by atomic mass is 9.89. The SMILES string of the molecule is Cc1ccc([C@@H]2O[C@H](C)[C@@H](O)[C@H](O)[C@H]2O)cc1Cc1ccc(OC2CCOC2)cc1. The highest BCUT2D eigenvalue weighted by atomic mass is 16.5. The normalized spacial score (nSPS) is 31.6. The Morgan fingerprint density at radius 2 is 1.77 bits per heavy atom. The number of rotatable bonds is 5. The molecule has 2 aliphatic rings. The number of benzene rings is 2. The van der Waals surface area contributed by atoms with Gasteiger partial charge in [-0.25, -0.2) is 0 Å². The van der Waals surface area contributed by atoms with Crippen LogP contribution in [0.15, 0.2) is 42.5 Å². The van der Waals surface area contributed by atoms with Crippen molar-refractivity contribution in [1.29, 1.82) is 0 Å². The molecule has 6 atom stereocenters. The summed E-state index contributed by atoms with van der Waals surface area (Å²) in [4.78, 5) is 0. The van der Waals surface area contributed by atoms with Crippen LogP contribution in [-0.2, 0) is 15.9 Å².